The number of nitrogens with one attached hydrogen (secondary N) is 1. The van der Waals surface area contributed by atoms with E-state index in [1.165, 1.54) is 0 Å². The number of ether oxygens (including phenoxy) is 2. The summed E-state index contributed by atoms with van der Waals surface area (Å²) in [5.74, 6) is 0.822. The fourth-order valence-corrected chi connectivity index (χ4v) is 1.88. The van der Waals surface area contributed by atoms with E-state index in [1.807, 2.05) is 24.3 Å². The number of rotatable bonds is 11. The highest BCUT2D eigenvalue weighted by atomic mass is 16.5. The summed E-state index contributed by atoms with van der Waals surface area (Å²) >= 11 is 0. The Kier molecular flexibility index (Phi) is 9.24. The van der Waals surface area contributed by atoms with Crippen LogP contribution in [0, 0.1) is 0 Å². The van der Waals surface area contributed by atoms with E-state index in [2.05, 4.69) is 5.32 Å². The number of carbonyl (C=O) groups is 1. The molecule has 0 atom stereocenters. The number of carbonyl (C=O) groups excluding carboxylic acids is 1. The van der Waals surface area contributed by atoms with Gasteiger partial charge in [0.1, 0.15) is 12.4 Å². The van der Waals surface area contributed by atoms with Crippen LogP contribution in [0.1, 0.15) is 32.1 Å². The van der Waals surface area contributed by atoms with Crippen molar-refractivity contribution in [3.8, 4) is 5.75 Å². The van der Waals surface area contributed by atoms with E-state index in [1.54, 1.807) is 7.11 Å². The van der Waals surface area contributed by atoms with Crippen LogP contribution in [0.15, 0.2) is 24.3 Å². The van der Waals surface area contributed by atoms with Gasteiger partial charge in [-0.05, 0) is 43.7 Å². The molecule has 0 saturated carbocycles. The average molecular weight is 294 g/mol. The summed E-state index contributed by atoms with van der Waals surface area (Å²) in [6.45, 7) is 1.80. The van der Waals surface area contributed by atoms with Crippen LogP contribution in [0.25, 0.3) is 0 Å². The molecule has 1 rings (SSSR count). The van der Waals surface area contributed by atoms with E-state index in [-0.39, 0.29) is 5.91 Å². The zero-order valence-corrected chi connectivity index (χ0v) is 12.8. The normalized spacial score (nSPS) is 10.4. The molecule has 0 spiro atoms. The fourth-order valence-electron chi connectivity index (χ4n) is 1.88. The minimum Gasteiger partial charge on any atom is -0.491 e. The Morgan fingerprint density at radius 1 is 1.10 bits per heavy atom. The highest BCUT2D eigenvalue weighted by Crippen LogP contribution is 2.16. The van der Waals surface area contributed by atoms with Crippen LogP contribution in [0.4, 0.5) is 5.69 Å². The third kappa shape index (κ3) is 8.32. The molecular weight excluding hydrogens is 268 g/mol. The average Bonchev–Trinajstić information content (AvgIpc) is 2.49. The maximum Gasteiger partial charge on any atom is 0.224 e. The van der Waals surface area contributed by atoms with Gasteiger partial charge < -0.3 is 20.5 Å². The number of benzene rings is 1. The molecule has 0 heterocycles. The van der Waals surface area contributed by atoms with Gasteiger partial charge in [0.05, 0.1) is 6.61 Å². The van der Waals surface area contributed by atoms with Crippen LogP contribution >= 0.6 is 0 Å². The Morgan fingerprint density at radius 3 is 2.48 bits per heavy atom. The van der Waals surface area contributed by atoms with Crippen LogP contribution in [0.5, 0.6) is 5.75 Å². The molecule has 0 aliphatic carbocycles. The van der Waals surface area contributed by atoms with E-state index < -0.39 is 0 Å². The zero-order chi connectivity index (χ0) is 15.3. The lowest BCUT2D eigenvalue weighted by molar-refractivity contribution is -0.116. The van der Waals surface area contributed by atoms with E-state index in [4.69, 9.17) is 15.2 Å². The largest absolute Gasteiger partial charge is 0.491 e. The molecule has 5 nitrogen and oxygen atoms in total. The van der Waals surface area contributed by atoms with E-state index in [0.29, 0.717) is 19.6 Å². The van der Waals surface area contributed by atoms with E-state index >= 15 is 0 Å². The van der Waals surface area contributed by atoms with Gasteiger partial charge in [-0.25, -0.2) is 0 Å². The van der Waals surface area contributed by atoms with Crippen molar-refractivity contribution in [1.82, 2.24) is 0 Å². The Balaban J connectivity index is 2.23. The molecule has 0 radical (unpaired) electrons. The molecule has 5 heteroatoms. The monoisotopic (exact) mass is 294 g/mol. The first kappa shape index (κ1) is 17.5. The SMILES string of the molecule is COCCOc1ccc(NC(=O)CCCCCCN)cc1. The molecule has 0 unspecified atom stereocenters. The lowest BCUT2D eigenvalue weighted by Crippen LogP contribution is -2.11. The quantitative estimate of drug-likeness (QED) is 0.615. The van der Waals surface area contributed by atoms with Gasteiger partial charge in [0, 0.05) is 19.2 Å². The molecule has 1 aromatic carbocycles. The van der Waals surface area contributed by atoms with E-state index in [0.717, 1.165) is 43.7 Å². The molecule has 0 fully saturated rings. The van der Waals surface area contributed by atoms with Gasteiger partial charge >= 0.3 is 0 Å². The van der Waals surface area contributed by atoms with Crippen LogP contribution in [-0.2, 0) is 9.53 Å². The Bertz CT molecular complexity index is 393. The summed E-state index contributed by atoms with van der Waals surface area (Å²) < 4.78 is 10.4. The van der Waals surface area contributed by atoms with Crippen molar-refractivity contribution in [2.45, 2.75) is 32.1 Å². The first-order valence-electron chi connectivity index (χ1n) is 7.48. The second-order valence-corrected chi connectivity index (χ2v) is 4.87. The summed E-state index contributed by atoms with van der Waals surface area (Å²) in [5.41, 5.74) is 6.22. The minimum atomic E-state index is 0.0517. The maximum atomic E-state index is 11.8. The van der Waals surface area contributed by atoms with Crippen LogP contribution in [-0.4, -0.2) is 32.8 Å². The molecule has 1 amide bonds. The zero-order valence-electron chi connectivity index (χ0n) is 12.8. The van der Waals surface area contributed by atoms with Gasteiger partial charge in [-0.3, -0.25) is 4.79 Å². The second-order valence-electron chi connectivity index (χ2n) is 4.87. The van der Waals surface area contributed by atoms with Crippen molar-refractivity contribution >= 4 is 11.6 Å². The number of unbranched alkanes of at least 4 members (excludes halogenated alkanes) is 3. The van der Waals surface area contributed by atoms with E-state index in [9.17, 15) is 4.79 Å². The molecule has 118 valence electrons. The van der Waals surface area contributed by atoms with Crippen molar-refractivity contribution < 1.29 is 14.3 Å². The first-order valence-corrected chi connectivity index (χ1v) is 7.48. The number of nitrogens with two attached hydrogens (primary N) is 1. The summed E-state index contributed by atoms with van der Waals surface area (Å²) in [5, 5.41) is 2.88. The maximum absolute atomic E-state index is 11.8. The molecule has 0 aromatic heterocycles. The predicted octanol–water partition coefficient (Wildman–Crippen LogP) is 2.56. The van der Waals surface area contributed by atoms with Gasteiger partial charge in [0.2, 0.25) is 5.91 Å². The molecule has 0 aliphatic heterocycles. The van der Waals surface area contributed by atoms with Crippen LogP contribution in [0.3, 0.4) is 0 Å². The Labute approximate surface area is 126 Å². The lowest BCUT2D eigenvalue weighted by Gasteiger charge is -2.08. The molecule has 0 saturated heterocycles. The molecule has 0 bridgehead atoms. The Morgan fingerprint density at radius 2 is 1.81 bits per heavy atom. The van der Waals surface area contributed by atoms with Gasteiger partial charge in [-0.15, -0.1) is 0 Å². The molecular formula is C16H26N2O3. The highest BCUT2D eigenvalue weighted by Gasteiger charge is 2.02. The standard InChI is InChI=1S/C16H26N2O3/c1-20-12-13-21-15-9-7-14(8-10-15)18-16(19)6-4-2-3-5-11-17/h7-10H,2-6,11-13,17H2,1H3,(H,18,19). The Hall–Kier alpha value is -1.59. The molecule has 1 aromatic rings. The molecule has 3 N–H and O–H groups in total. The number of hydrogen-bond donors (Lipinski definition) is 2. The molecule has 0 aliphatic rings. The third-order valence-electron chi connectivity index (χ3n) is 3.05. The second kappa shape index (κ2) is 11.1. The van der Waals surface area contributed by atoms with Crippen LogP contribution in [0.2, 0.25) is 0 Å². The topological polar surface area (TPSA) is 73.6 Å². The van der Waals surface area contributed by atoms with Gasteiger partial charge in [-0.2, -0.15) is 0 Å². The number of methoxy groups -OCH3 is 1. The highest BCUT2D eigenvalue weighted by molar-refractivity contribution is 5.90. The summed E-state index contributed by atoms with van der Waals surface area (Å²) in [4.78, 5) is 11.8. The number of hydrogen-bond acceptors (Lipinski definition) is 4. The smallest absolute Gasteiger partial charge is 0.224 e. The van der Waals surface area contributed by atoms with Crippen molar-refractivity contribution in [1.29, 1.82) is 0 Å². The fraction of sp³-hybridized carbons (Fsp3) is 0.562. The number of amides is 1. The van der Waals surface area contributed by atoms with Gasteiger partial charge in [0.25, 0.3) is 0 Å². The predicted molar refractivity (Wildman–Crippen MR) is 84.6 cm³/mol. The van der Waals surface area contributed by atoms with Crippen molar-refractivity contribution in [2.24, 2.45) is 5.73 Å². The van der Waals surface area contributed by atoms with Crippen molar-refractivity contribution in [3.63, 3.8) is 0 Å². The summed E-state index contributed by atoms with van der Waals surface area (Å²) in [6, 6.07) is 7.36. The molecule has 21 heavy (non-hydrogen) atoms. The van der Waals surface area contributed by atoms with Crippen molar-refractivity contribution in [3.05, 3.63) is 24.3 Å². The van der Waals surface area contributed by atoms with Crippen LogP contribution < -0.4 is 15.8 Å². The van der Waals surface area contributed by atoms with Gasteiger partial charge in [0.15, 0.2) is 0 Å². The lowest BCUT2D eigenvalue weighted by atomic mass is 10.1. The van der Waals surface area contributed by atoms with Crippen molar-refractivity contribution in [2.75, 3.05) is 32.2 Å². The summed E-state index contributed by atoms with van der Waals surface area (Å²) in [6.07, 6.45) is 4.64. The number of anilines is 1. The van der Waals surface area contributed by atoms with Gasteiger partial charge in [-0.1, -0.05) is 12.8 Å². The summed E-state index contributed by atoms with van der Waals surface area (Å²) in [7, 11) is 1.64. The minimum absolute atomic E-state index is 0.0517. The third-order valence-corrected chi connectivity index (χ3v) is 3.05. The first-order chi connectivity index (χ1) is 10.3.